The average molecular weight is 410 g/mol. The number of ketones is 1. The van der Waals surface area contributed by atoms with Crippen molar-refractivity contribution in [2.75, 3.05) is 17.7 Å². The van der Waals surface area contributed by atoms with Crippen molar-refractivity contribution in [2.45, 2.75) is 13.3 Å². The van der Waals surface area contributed by atoms with Crippen molar-refractivity contribution in [3.63, 3.8) is 0 Å². The third-order valence-corrected chi connectivity index (χ3v) is 4.27. The number of rotatable bonds is 7. The number of H-pyrrole nitrogens is 1. The number of imidazole rings is 1. The molecule has 0 bridgehead atoms. The van der Waals surface area contributed by atoms with Crippen molar-refractivity contribution in [1.82, 2.24) is 9.97 Å². The zero-order valence-electron chi connectivity index (χ0n) is 16.3. The fourth-order valence-corrected chi connectivity index (χ4v) is 2.71. The van der Waals surface area contributed by atoms with E-state index in [2.05, 4.69) is 20.6 Å². The largest absolute Gasteiger partial charge is 0.494 e. The molecule has 3 rings (SSSR count). The topological polar surface area (TPSA) is 113 Å². The van der Waals surface area contributed by atoms with Gasteiger partial charge in [-0.25, -0.2) is 9.37 Å². The lowest BCUT2D eigenvalue weighted by molar-refractivity contribution is 0.0963. The first-order chi connectivity index (χ1) is 14.4. The van der Waals surface area contributed by atoms with Gasteiger partial charge in [-0.2, -0.15) is 0 Å². The minimum absolute atomic E-state index is 0.0644. The van der Waals surface area contributed by atoms with Crippen LogP contribution in [0.3, 0.4) is 0 Å². The molecule has 0 aliphatic heterocycles. The fraction of sp³-hybridized carbons (Fsp3) is 0.143. The molecule has 0 atom stereocenters. The van der Waals surface area contributed by atoms with Gasteiger partial charge >= 0.3 is 0 Å². The Morgan fingerprint density at radius 2 is 1.80 bits per heavy atom. The first-order valence-electron chi connectivity index (χ1n) is 9.05. The molecular weight excluding hydrogens is 391 g/mol. The molecule has 0 fully saturated rings. The van der Waals surface area contributed by atoms with Gasteiger partial charge in [-0.1, -0.05) is 6.92 Å². The highest BCUT2D eigenvalue weighted by molar-refractivity contribution is 6.11. The second-order valence-electron chi connectivity index (χ2n) is 6.23. The van der Waals surface area contributed by atoms with Crippen LogP contribution in [-0.2, 0) is 0 Å². The first-order valence-corrected chi connectivity index (χ1v) is 9.05. The van der Waals surface area contributed by atoms with Gasteiger partial charge in [0.2, 0.25) is 0 Å². The predicted molar refractivity (Wildman–Crippen MR) is 109 cm³/mol. The highest BCUT2D eigenvalue weighted by Crippen LogP contribution is 2.29. The van der Waals surface area contributed by atoms with E-state index >= 15 is 0 Å². The lowest BCUT2D eigenvalue weighted by atomic mass is 10.1. The molecule has 2 aromatic carbocycles. The molecule has 0 aliphatic rings. The predicted octanol–water partition coefficient (Wildman–Crippen LogP) is 3.65. The van der Waals surface area contributed by atoms with E-state index in [0.29, 0.717) is 17.1 Å². The third kappa shape index (κ3) is 4.52. The number of amides is 2. The van der Waals surface area contributed by atoms with E-state index in [1.54, 1.807) is 19.1 Å². The third-order valence-electron chi connectivity index (χ3n) is 4.27. The molecule has 0 radical (unpaired) electrons. The van der Waals surface area contributed by atoms with E-state index in [1.807, 2.05) is 0 Å². The van der Waals surface area contributed by atoms with Crippen LogP contribution in [0.4, 0.5) is 15.8 Å². The highest BCUT2D eigenvalue weighted by Gasteiger charge is 2.19. The van der Waals surface area contributed by atoms with E-state index in [4.69, 9.17) is 4.74 Å². The van der Waals surface area contributed by atoms with Gasteiger partial charge in [-0.15, -0.1) is 0 Å². The Hall–Kier alpha value is -4.01. The number of ether oxygens (including phenoxy) is 1. The van der Waals surface area contributed by atoms with Gasteiger partial charge in [0, 0.05) is 23.7 Å². The maximum atomic E-state index is 13.0. The summed E-state index contributed by atoms with van der Waals surface area (Å²) in [5.41, 5.74) is 1.18. The van der Waals surface area contributed by atoms with Gasteiger partial charge in [-0.3, -0.25) is 14.4 Å². The molecule has 0 spiro atoms. The summed E-state index contributed by atoms with van der Waals surface area (Å²) in [5.74, 6) is -1.36. The number of nitrogens with zero attached hydrogens (tertiary/aromatic N) is 1. The van der Waals surface area contributed by atoms with Crippen LogP contribution in [0.15, 0.2) is 48.8 Å². The average Bonchev–Trinajstić information content (AvgIpc) is 3.24. The van der Waals surface area contributed by atoms with Gasteiger partial charge in [0.15, 0.2) is 5.78 Å². The van der Waals surface area contributed by atoms with Gasteiger partial charge in [0.25, 0.3) is 11.8 Å². The van der Waals surface area contributed by atoms with E-state index in [9.17, 15) is 18.8 Å². The van der Waals surface area contributed by atoms with Gasteiger partial charge in [0.05, 0.1) is 19.1 Å². The van der Waals surface area contributed by atoms with Crippen LogP contribution in [0.25, 0.3) is 0 Å². The van der Waals surface area contributed by atoms with Crippen LogP contribution >= 0.6 is 0 Å². The van der Waals surface area contributed by atoms with Crippen LogP contribution < -0.4 is 15.4 Å². The lowest BCUT2D eigenvalue weighted by Crippen LogP contribution is -2.17. The lowest BCUT2D eigenvalue weighted by Gasteiger charge is -2.13. The smallest absolute Gasteiger partial charge is 0.274 e. The van der Waals surface area contributed by atoms with Crippen molar-refractivity contribution in [3.05, 3.63) is 71.6 Å². The van der Waals surface area contributed by atoms with Gasteiger partial charge in [0.1, 0.15) is 23.0 Å². The molecule has 0 saturated heterocycles. The Morgan fingerprint density at radius 1 is 1.07 bits per heavy atom. The Bertz CT molecular complexity index is 1090. The maximum absolute atomic E-state index is 13.0. The Morgan fingerprint density at radius 3 is 2.47 bits per heavy atom. The number of anilines is 2. The van der Waals surface area contributed by atoms with Crippen LogP contribution in [0.5, 0.6) is 5.75 Å². The Kier molecular flexibility index (Phi) is 6.21. The zero-order chi connectivity index (χ0) is 21.7. The number of aromatic nitrogens is 2. The van der Waals surface area contributed by atoms with Crippen molar-refractivity contribution in [3.8, 4) is 5.75 Å². The Labute approximate surface area is 171 Å². The number of carbonyl (C=O) groups is 3. The monoisotopic (exact) mass is 410 g/mol. The van der Waals surface area contributed by atoms with Crippen LogP contribution in [0.2, 0.25) is 0 Å². The second-order valence-corrected chi connectivity index (χ2v) is 6.23. The van der Waals surface area contributed by atoms with Crippen molar-refractivity contribution >= 4 is 29.0 Å². The number of methoxy groups -OCH3 is 1. The Balaban J connectivity index is 1.76. The molecule has 30 heavy (non-hydrogen) atoms. The minimum atomic E-state index is -0.533. The summed E-state index contributed by atoms with van der Waals surface area (Å²) >= 11 is 0. The summed E-state index contributed by atoms with van der Waals surface area (Å²) in [6, 6.07) is 9.77. The zero-order valence-corrected chi connectivity index (χ0v) is 16.3. The van der Waals surface area contributed by atoms with E-state index < -0.39 is 17.6 Å². The normalized spacial score (nSPS) is 10.4. The summed E-state index contributed by atoms with van der Waals surface area (Å²) in [5, 5.41) is 5.34. The van der Waals surface area contributed by atoms with Crippen molar-refractivity contribution in [2.24, 2.45) is 0 Å². The van der Waals surface area contributed by atoms with Crippen LogP contribution in [0, 0.1) is 5.82 Å². The SMILES string of the molecule is CCC(=O)c1nc[nH]c1C(=O)Nc1ccc(NC(=O)c2ccc(F)cc2)c(OC)c1. The number of hydrogen-bond donors (Lipinski definition) is 3. The molecule has 0 aliphatic carbocycles. The number of carbonyl (C=O) groups excluding carboxylic acids is 3. The molecule has 3 N–H and O–H groups in total. The maximum Gasteiger partial charge on any atom is 0.274 e. The summed E-state index contributed by atoms with van der Waals surface area (Å²) in [4.78, 5) is 43.3. The molecule has 0 unspecified atom stereocenters. The number of benzene rings is 2. The summed E-state index contributed by atoms with van der Waals surface area (Å²) in [7, 11) is 1.42. The molecule has 2 amide bonds. The molecular formula is C21H19FN4O4. The number of halogens is 1. The second kappa shape index (κ2) is 8.99. The summed E-state index contributed by atoms with van der Waals surface area (Å²) < 4.78 is 18.3. The van der Waals surface area contributed by atoms with Crippen molar-refractivity contribution in [1.29, 1.82) is 0 Å². The molecule has 0 saturated carbocycles. The quantitative estimate of drug-likeness (QED) is 0.515. The van der Waals surface area contributed by atoms with E-state index in [1.165, 1.54) is 43.8 Å². The highest BCUT2D eigenvalue weighted by atomic mass is 19.1. The molecule has 8 nitrogen and oxygen atoms in total. The number of hydrogen-bond acceptors (Lipinski definition) is 5. The number of Topliss-reactive ketones (excluding diaryl/α,β-unsaturated/α-hetero) is 1. The molecule has 154 valence electrons. The van der Waals surface area contributed by atoms with Crippen LogP contribution in [0.1, 0.15) is 44.7 Å². The number of nitrogens with one attached hydrogen (secondary N) is 3. The van der Waals surface area contributed by atoms with Crippen LogP contribution in [-0.4, -0.2) is 34.7 Å². The molecule has 3 aromatic rings. The van der Waals surface area contributed by atoms with E-state index in [0.717, 1.165) is 0 Å². The molecule has 1 heterocycles. The number of aromatic amines is 1. The first kappa shape index (κ1) is 20.7. The summed E-state index contributed by atoms with van der Waals surface area (Å²) in [6.45, 7) is 1.68. The molecule has 9 heteroatoms. The fourth-order valence-electron chi connectivity index (χ4n) is 2.71. The minimum Gasteiger partial charge on any atom is -0.494 e. The van der Waals surface area contributed by atoms with Crippen molar-refractivity contribution < 1.29 is 23.5 Å². The van der Waals surface area contributed by atoms with E-state index in [-0.39, 0.29) is 29.2 Å². The molecule has 1 aromatic heterocycles. The summed E-state index contributed by atoms with van der Waals surface area (Å²) in [6.07, 6.45) is 1.51. The van der Waals surface area contributed by atoms with Gasteiger partial charge < -0.3 is 20.4 Å². The standard InChI is InChI=1S/C21H19FN4O4/c1-3-16(27)18-19(24-11-23-18)21(29)25-14-8-9-15(17(10-14)30-2)26-20(28)12-4-6-13(22)7-5-12/h4-11H,3H2,1-2H3,(H,23,24)(H,25,29)(H,26,28). The van der Waals surface area contributed by atoms with Gasteiger partial charge in [-0.05, 0) is 36.4 Å².